The molecule has 2 aromatic rings. The van der Waals surface area contributed by atoms with Gasteiger partial charge in [0.1, 0.15) is 5.69 Å². The van der Waals surface area contributed by atoms with Crippen LogP contribution in [-0.2, 0) is 13.6 Å². The fourth-order valence-electron chi connectivity index (χ4n) is 2.95. The summed E-state index contributed by atoms with van der Waals surface area (Å²) >= 11 is 0. The van der Waals surface area contributed by atoms with Gasteiger partial charge in [-0.15, -0.1) is 0 Å². The van der Waals surface area contributed by atoms with Gasteiger partial charge in [0.2, 0.25) is 0 Å². The Bertz CT molecular complexity index is 623. The second-order valence-electron chi connectivity index (χ2n) is 5.91. The van der Waals surface area contributed by atoms with Crippen molar-refractivity contribution in [2.24, 2.45) is 7.05 Å². The van der Waals surface area contributed by atoms with E-state index in [1.807, 2.05) is 13.1 Å². The highest BCUT2D eigenvalue weighted by Crippen LogP contribution is 2.14. The van der Waals surface area contributed by atoms with Crippen molar-refractivity contribution in [2.45, 2.75) is 25.4 Å². The second kappa shape index (κ2) is 6.75. The van der Waals surface area contributed by atoms with Gasteiger partial charge < -0.3 is 5.32 Å². The number of carbonyl (C=O) groups is 1. The Morgan fingerprint density at radius 3 is 2.86 bits per heavy atom. The molecular formula is C17H22N4O. The van der Waals surface area contributed by atoms with E-state index in [9.17, 15) is 4.79 Å². The molecular weight excluding hydrogens is 276 g/mol. The van der Waals surface area contributed by atoms with Crippen molar-refractivity contribution in [1.82, 2.24) is 20.0 Å². The molecule has 2 heterocycles. The average molecular weight is 298 g/mol. The maximum atomic E-state index is 12.2. The monoisotopic (exact) mass is 298 g/mol. The van der Waals surface area contributed by atoms with Crippen LogP contribution in [0.3, 0.4) is 0 Å². The first-order chi connectivity index (χ1) is 10.7. The third-order valence-electron chi connectivity index (χ3n) is 4.04. The first-order valence-electron chi connectivity index (χ1n) is 7.77. The highest BCUT2D eigenvalue weighted by atomic mass is 16.2. The number of aryl methyl sites for hydroxylation is 1. The summed E-state index contributed by atoms with van der Waals surface area (Å²) in [5.41, 5.74) is 1.81. The Morgan fingerprint density at radius 2 is 2.14 bits per heavy atom. The molecule has 0 spiro atoms. The van der Waals surface area contributed by atoms with Crippen LogP contribution in [0.15, 0.2) is 42.6 Å². The number of piperidine rings is 1. The fraction of sp³-hybridized carbons (Fsp3) is 0.412. The Morgan fingerprint density at radius 1 is 1.32 bits per heavy atom. The Labute approximate surface area is 130 Å². The zero-order chi connectivity index (χ0) is 15.4. The lowest BCUT2D eigenvalue weighted by Gasteiger charge is -2.33. The molecule has 0 bridgehead atoms. The minimum absolute atomic E-state index is 0.0767. The van der Waals surface area contributed by atoms with Crippen LogP contribution < -0.4 is 5.32 Å². The second-order valence-corrected chi connectivity index (χ2v) is 5.91. The van der Waals surface area contributed by atoms with Gasteiger partial charge in [0.25, 0.3) is 5.91 Å². The highest BCUT2D eigenvalue weighted by molar-refractivity contribution is 5.92. The van der Waals surface area contributed by atoms with Gasteiger partial charge in [-0.2, -0.15) is 5.10 Å². The van der Waals surface area contributed by atoms with Crippen molar-refractivity contribution in [1.29, 1.82) is 0 Å². The van der Waals surface area contributed by atoms with Gasteiger partial charge in [0, 0.05) is 32.4 Å². The number of nitrogens with zero attached hydrogens (tertiary/aromatic N) is 3. The smallest absolute Gasteiger partial charge is 0.272 e. The van der Waals surface area contributed by atoms with Gasteiger partial charge in [-0.05, 0) is 31.0 Å². The molecule has 22 heavy (non-hydrogen) atoms. The minimum Gasteiger partial charge on any atom is -0.347 e. The number of benzene rings is 1. The predicted molar refractivity (Wildman–Crippen MR) is 85.4 cm³/mol. The van der Waals surface area contributed by atoms with E-state index in [1.165, 1.54) is 5.56 Å². The third-order valence-corrected chi connectivity index (χ3v) is 4.04. The van der Waals surface area contributed by atoms with E-state index in [-0.39, 0.29) is 11.9 Å². The number of hydrogen-bond acceptors (Lipinski definition) is 3. The highest BCUT2D eigenvalue weighted by Gasteiger charge is 2.22. The lowest BCUT2D eigenvalue weighted by molar-refractivity contribution is 0.0895. The van der Waals surface area contributed by atoms with Crippen LogP contribution in [-0.4, -0.2) is 39.7 Å². The number of likely N-dealkylation sites (tertiary alicyclic amines) is 1. The predicted octanol–water partition coefficient (Wildman–Crippen LogP) is 1.81. The molecule has 1 aromatic carbocycles. The van der Waals surface area contributed by atoms with E-state index in [0.717, 1.165) is 32.5 Å². The molecule has 3 rings (SSSR count). The Kier molecular flexibility index (Phi) is 4.53. The summed E-state index contributed by atoms with van der Waals surface area (Å²) in [4.78, 5) is 14.6. The van der Waals surface area contributed by atoms with E-state index < -0.39 is 0 Å². The lowest BCUT2D eigenvalue weighted by Crippen LogP contribution is -2.47. The molecule has 1 saturated heterocycles. The average Bonchev–Trinajstić information content (AvgIpc) is 2.95. The fourth-order valence-corrected chi connectivity index (χ4v) is 2.95. The summed E-state index contributed by atoms with van der Waals surface area (Å²) < 4.78 is 1.65. The van der Waals surface area contributed by atoms with E-state index in [0.29, 0.717) is 5.69 Å². The molecule has 0 aliphatic carbocycles. The molecule has 1 aliphatic heterocycles. The van der Waals surface area contributed by atoms with Crippen molar-refractivity contribution in [3.05, 3.63) is 53.9 Å². The standard InChI is InChI=1S/C17H22N4O/c1-20-11-9-16(19-20)17(22)18-15-8-5-10-21(13-15)12-14-6-3-2-4-7-14/h2-4,6-7,9,11,15H,5,8,10,12-13H2,1H3,(H,18,22). The van der Waals surface area contributed by atoms with E-state index in [1.54, 1.807) is 16.9 Å². The lowest BCUT2D eigenvalue weighted by atomic mass is 10.0. The number of amides is 1. The van der Waals surface area contributed by atoms with Crippen LogP contribution in [0.25, 0.3) is 0 Å². The SMILES string of the molecule is Cn1ccc(C(=O)NC2CCCN(Cc3ccccc3)C2)n1. The molecule has 1 atom stereocenters. The summed E-state index contributed by atoms with van der Waals surface area (Å²) in [5.74, 6) is -0.0767. The van der Waals surface area contributed by atoms with Crippen molar-refractivity contribution in [3.63, 3.8) is 0 Å². The number of nitrogens with one attached hydrogen (secondary N) is 1. The minimum atomic E-state index is -0.0767. The van der Waals surface area contributed by atoms with Crippen LogP contribution in [0.5, 0.6) is 0 Å². The summed E-state index contributed by atoms with van der Waals surface area (Å²) in [6.07, 6.45) is 3.93. The summed E-state index contributed by atoms with van der Waals surface area (Å²) in [6.45, 7) is 2.93. The van der Waals surface area contributed by atoms with E-state index in [2.05, 4.69) is 39.6 Å². The van der Waals surface area contributed by atoms with Gasteiger partial charge in [0.15, 0.2) is 0 Å². The van der Waals surface area contributed by atoms with Crippen LogP contribution in [0.1, 0.15) is 28.9 Å². The molecule has 1 aliphatic rings. The molecule has 1 fully saturated rings. The molecule has 5 heteroatoms. The summed E-state index contributed by atoms with van der Waals surface area (Å²) in [7, 11) is 1.82. The molecule has 1 N–H and O–H groups in total. The Balaban J connectivity index is 1.55. The van der Waals surface area contributed by atoms with Gasteiger partial charge >= 0.3 is 0 Å². The molecule has 1 aromatic heterocycles. The van der Waals surface area contributed by atoms with E-state index in [4.69, 9.17) is 0 Å². The Hall–Kier alpha value is -2.14. The quantitative estimate of drug-likeness (QED) is 0.936. The van der Waals surface area contributed by atoms with Crippen LogP contribution in [0, 0.1) is 0 Å². The molecule has 0 saturated carbocycles. The van der Waals surface area contributed by atoms with Crippen molar-refractivity contribution >= 4 is 5.91 Å². The van der Waals surface area contributed by atoms with Crippen molar-refractivity contribution < 1.29 is 4.79 Å². The van der Waals surface area contributed by atoms with Crippen molar-refractivity contribution in [3.8, 4) is 0 Å². The topological polar surface area (TPSA) is 50.2 Å². The molecule has 1 amide bonds. The number of aromatic nitrogens is 2. The number of hydrogen-bond donors (Lipinski definition) is 1. The maximum absolute atomic E-state index is 12.2. The first kappa shape index (κ1) is 14.8. The van der Waals surface area contributed by atoms with Crippen LogP contribution in [0.2, 0.25) is 0 Å². The van der Waals surface area contributed by atoms with Crippen LogP contribution >= 0.6 is 0 Å². The molecule has 1 unspecified atom stereocenters. The van der Waals surface area contributed by atoms with Crippen molar-refractivity contribution in [2.75, 3.05) is 13.1 Å². The van der Waals surface area contributed by atoms with Gasteiger partial charge in [-0.1, -0.05) is 30.3 Å². The first-order valence-corrected chi connectivity index (χ1v) is 7.77. The molecule has 5 nitrogen and oxygen atoms in total. The van der Waals surface area contributed by atoms with Crippen LogP contribution in [0.4, 0.5) is 0 Å². The van der Waals surface area contributed by atoms with Gasteiger partial charge in [-0.25, -0.2) is 0 Å². The zero-order valence-electron chi connectivity index (χ0n) is 12.9. The zero-order valence-corrected chi connectivity index (χ0v) is 12.9. The van der Waals surface area contributed by atoms with E-state index >= 15 is 0 Å². The number of rotatable bonds is 4. The molecule has 116 valence electrons. The normalized spacial score (nSPS) is 19.0. The summed E-state index contributed by atoms with van der Waals surface area (Å²) in [5, 5.41) is 7.26. The third kappa shape index (κ3) is 3.74. The maximum Gasteiger partial charge on any atom is 0.272 e. The summed E-state index contributed by atoms with van der Waals surface area (Å²) in [6, 6.07) is 12.4. The van der Waals surface area contributed by atoms with Gasteiger partial charge in [-0.3, -0.25) is 14.4 Å². The number of carbonyl (C=O) groups excluding carboxylic acids is 1. The largest absolute Gasteiger partial charge is 0.347 e. The van der Waals surface area contributed by atoms with Gasteiger partial charge in [0.05, 0.1) is 0 Å². The molecule has 0 radical (unpaired) electrons.